The van der Waals surface area contributed by atoms with Gasteiger partial charge in [-0.2, -0.15) is 0 Å². The highest BCUT2D eigenvalue weighted by atomic mass is 19.1. The minimum atomic E-state index is -0.356. The van der Waals surface area contributed by atoms with Gasteiger partial charge in [-0.05, 0) is 49.6 Å². The van der Waals surface area contributed by atoms with Crippen molar-refractivity contribution in [2.75, 3.05) is 13.2 Å². The van der Waals surface area contributed by atoms with E-state index in [4.69, 9.17) is 4.74 Å². The van der Waals surface area contributed by atoms with Crippen LogP contribution in [0.5, 0.6) is 0 Å². The summed E-state index contributed by atoms with van der Waals surface area (Å²) in [5.74, 6) is 0.310. The van der Waals surface area contributed by atoms with E-state index in [-0.39, 0.29) is 17.8 Å². The lowest BCUT2D eigenvalue weighted by Gasteiger charge is -2.25. The van der Waals surface area contributed by atoms with E-state index in [0.29, 0.717) is 25.2 Å². The molecule has 5 nitrogen and oxygen atoms in total. The van der Waals surface area contributed by atoms with Crippen molar-refractivity contribution in [2.45, 2.75) is 39.0 Å². The van der Waals surface area contributed by atoms with Gasteiger partial charge < -0.3 is 14.2 Å². The fourth-order valence-electron chi connectivity index (χ4n) is 3.72. The van der Waals surface area contributed by atoms with E-state index in [9.17, 15) is 9.18 Å². The summed E-state index contributed by atoms with van der Waals surface area (Å²) in [7, 11) is 0. The number of halogens is 1. The molecule has 6 heteroatoms. The number of amides is 1. The molecule has 1 saturated heterocycles. The predicted molar refractivity (Wildman–Crippen MR) is 113 cm³/mol. The largest absolute Gasteiger partial charge is 0.376 e. The lowest BCUT2D eigenvalue weighted by atomic mass is 10.1. The number of aromatic nitrogens is 2. The van der Waals surface area contributed by atoms with Crippen LogP contribution in [0.25, 0.3) is 0 Å². The Morgan fingerprint density at radius 3 is 2.67 bits per heavy atom. The van der Waals surface area contributed by atoms with Crippen LogP contribution in [0.3, 0.4) is 0 Å². The Hall–Kier alpha value is -2.99. The number of benzene rings is 2. The van der Waals surface area contributed by atoms with Gasteiger partial charge in [0.05, 0.1) is 12.6 Å². The third kappa shape index (κ3) is 4.94. The monoisotopic (exact) mass is 407 g/mol. The van der Waals surface area contributed by atoms with Crippen molar-refractivity contribution in [1.82, 2.24) is 14.5 Å². The van der Waals surface area contributed by atoms with Crippen LogP contribution in [-0.4, -0.2) is 39.6 Å². The molecule has 1 fully saturated rings. The van der Waals surface area contributed by atoms with Crippen molar-refractivity contribution in [2.24, 2.45) is 0 Å². The summed E-state index contributed by atoms with van der Waals surface area (Å²) < 4.78 is 21.1. The Morgan fingerprint density at radius 1 is 1.20 bits per heavy atom. The first-order chi connectivity index (χ1) is 14.6. The molecular formula is C24H26FN3O2. The zero-order valence-corrected chi connectivity index (χ0v) is 17.1. The highest BCUT2D eigenvalue weighted by molar-refractivity contribution is 5.94. The van der Waals surface area contributed by atoms with Gasteiger partial charge in [0.2, 0.25) is 0 Å². The Bertz CT molecular complexity index is 976. The van der Waals surface area contributed by atoms with Crippen LogP contribution < -0.4 is 0 Å². The van der Waals surface area contributed by atoms with Crippen LogP contribution in [-0.2, 0) is 17.8 Å². The first-order valence-electron chi connectivity index (χ1n) is 10.3. The number of carbonyl (C=O) groups is 1. The van der Waals surface area contributed by atoms with Crippen LogP contribution >= 0.6 is 0 Å². The quantitative estimate of drug-likeness (QED) is 0.590. The Labute approximate surface area is 176 Å². The average molecular weight is 407 g/mol. The second-order valence-electron chi connectivity index (χ2n) is 7.78. The number of hydrogen-bond donors (Lipinski definition) is 0. The summed E-state index contributed by atoms with van der Waals surface area (Å²) in [6.07, 6.45) is 5.66. The molecule has 0 radical (unpaired) electrons. The molecule has 1 amide bonds. The zero-order valence-electron chi connectivity index (χ0n) is 17.1. The molecule has 0 aliphatic carbocycles. The molecule has 1 aromatic heterocycles. The van der Waals surface area contributed by atoms with Crippen molar-refractivity contribution < 1.29 is 13.9 Å². The number of hydrogen-bond acceptors (Lipinski definition) is 3. The zero-order chi connectivity index (χ0) is 20.9. The Morgan fingerprint density at radius 2 is 1.97 bits per heavy atom. The van der Waals surface area contributed by atoms with E-state index >= 15 is 0 Å². The second-order valence-corrected chi connectivity index (χ2v) is 7.78. The maximum atomic E-state index is 13.3. The maximum absolute atomic E-state index is 13.3. The van der Waals surface area contributed by atoms with E-state index < -0.39 is 0 Å². The summed E-state index contributed by atoms with van der Waals surface area (Å²) >= 11 is 0. The molecule has 156 valence electrons. The molecule has 0 bridgehead atoms. The molecular weight excluding hydrogens is 381 g/mol. The minimum absolute atomic E-state index is 0.0231. The third-order valence-corrected chi connectivity index (χ3v) is 5.43. The van der Waals surface area contributed by atoms with Gasteiger partial charge in [-0.1, -0.05) is 29.8 Å². The number of nitrogens with zero attached hydrogens (tertiary/aromatic N) is 3. The van der Waals surface area contributed by atoms with Crippen molar-refractivity contribution in [3.05, 3.63) is 89.3 Å². The fourth-order valence-corrected chi connectivity index (χ4v) is 3.72. The molecule has 0 spiro atoms. The highest BCUT2D eigenvalue weighted by Gasteiger charge is 2.25. The van der Waals surface area contributed by atoms with Crippen LogP contribution in [0.4, 0.5) is 4.39 Å². The smallest absolute Gasteiger partial charge is 0.254 e. The first-order valence-corrected chi connectivity index (χ1v) is 10.3. The van der Waals surface area contributed by atoms with Crippen molar-refractivity contribution in [3.63, 3.8) is 0 Å². The number of ether oxygens (including phenoxy) is 1. The van der Waals surface area contributed by atoms with E-state index in [1.807, 2.05) is 6.20 Å². The molecule has 3 aromatic rings. The number of carbonyl (C=O) groups excluding carboxylic acids is 1. The lowest BCUT2D eigenvalue weighted by Crippen LogP contribution is -2.37. The Kier molecular flexibility index (Phi) is 6.23. The third-order valence-electron chi connectivity index (χ3n) is 5.43. The van der Waals surface area contributed by atoms with Gasteiger partial charge in [0.1, 0.15) is 11.6 Å². The topological polar surface area (TPSA) is 47.4 Å². The summed E-state index contributed by atoms with van der Waals surface area (Å²) in [5.41, 5.74) is 2.86. The van der Waals surface area contributed by atoms with E-state index in [2.05, 4.69) is 40.7 Å². The summed E-state index contributed by atoms with van der Waals surface area (Å²) in [6, 6.07) is 14.1. The summed E-state index contributed by atoms with van der Waals surface area (Å²) in [5, 5.41) is 0. The molecule has 0 N–H and O–H groups in total. The molecule has 0 unspecified atom stereocenters. The van der Waals surface area contributed by atoms with Gasteiger partial charge in [-0.3, -0.25) is 4.79 Å². The van der Waals surface area contributed by atoms with Crippen molar-refractivity contribution in [3.8, 4) is 0 Å². The van der Waals surface area contributed by atoms with Crippen LogP contribution in [0.15, 0.2) is 60.9 Å². The molecule has 2 heterocycles. The Balaban J connectivity index is 1.54. The van der Waals surface area contributed by atoms with E-state index in [0.717, 1.165) is 25.3 Å². The van der Waals surface area contributed by atoms with Gasteiger partial charge in [0, 0.05) is 37.7 Å². The van der Waals surface area contributed by atoms with Crippen LogP contribution in [0.2, 0.25) is 0 Å². The first kappa shape index (κ1) is 20.3. The van der Waals surface area contributed by atoms with E-state index in [1.165, 1.54) is 35.4 Å². The van der Waals surface area contributed by atoms with Crippen molar-refractivity contribution >= 4 is 5.91 Å². The number of rotatable bonds is 7. The molecule has 1 aliphatic rings. The SMILES string of the molecule is Cc1ccc(Cn2ccnc2CN(C[C@@H]2CCCO2)C(=O)c2ccc(F)cc2)cc1. The number of imidazole rings is 1. The number of aryl methyl sites for hydroxylation is 1. The van der Waals surface area contributed by atoms with Gasteiger partial charge in [-0.25, -0.2) is 9.37 Å². The van der Waals surface area contributed by atoms with E-state index in [1.54, 1.807) is 11.1 Å². The van der Waals surface area contributed by atoms with Crippen LogP contribution in [0.1, 0.15) is 40.2 Å². The fraction of sp³-hybridized carbons (Fsp3) is 0.333. The maximum Gasteiger partial charge on any atom is 0.254 e. The van der Waals surface area contributed by atoms with Crippen LogP contribution in [0, 0.1) is 12.7 Å². The standard InChI is InChI=1S/C24H26FN3O2/c1-18-4-6-19(7-5-18)15-27-13-12-26-23(27)17-28(16-22-3-2-14-30-22)24(29)20-8-10-21(25)11-9-20/h4-13,22H,2-3,14-17H2,1H3/t22-/m0/s1. The highest BCUT2D eigenvalue weighted by Crippen LogP contribution is 2.18. The van der Waals surface area contributed by atoms with Gasteiger partial charge in [0.15, 0.2) is 0 Å². The lowest BCUT2D eigenvalue weighted by molar-refractivity contribution is 0.0499. The average Bonchev–Trinajstić information content (AvgIpc) is 3.42. The minimum Gasteiger partial charge on any atom is -0.376 e. The molecule has 1 aliphatic heterocycles. The molecule has 2 aromatic carbocycles. The predicted octanol–water partition coefficient (Wildman–Crippen LogP) is 4.20. The normalized spacial score (nSPS) is 16.0. The molecule has 30 heavy (non-hydrogen) atoms. The van der Waals surface area contributed by atoms with Gasteiger partial charge in [-0.15, -0.1) is 0 Å². The second kappa shape index (κ2) is 9.22. The van der Waals surface area contributed by atoms with Gasteiger partial charge >= 0.3 is 0 Å². The molecule has 0 saturated carbocycles. The van der Waals surface area contributed by atoms with Gasteiger partial charge in [0.25, 0.3) is 5.91 Å². The summed E-state index contributed by atoms with van der Waals surface area (Å²) in [6.45, 7) is 4.35. The van der Waals surface area contributed by atoms with Crippen molar-refractivity contribution in [1.29, 1.82) is 0 Å². The molecule has 4 rings (SSSR count). The summed E-state index contributed by atoms with van der Waals surface area (Å²) in [4.78, 5) is 19.5. The molecule has 1 atom stereocenters.